The van der Waals surface area contributed by atoms with Crippen LogP contribution in [0, 0.1) is 0 Å². The average Bonchev–Trinajstić information content (AvgIpc) is 3.47. The van der Waals surface area contributed by atoms with Crippen LogP contribution in [0.1, 0.15) is 6.92 Å². The van der Waals surface area contributed by atoms with Gasteiger partial charge in [0.05, 0.1) is 32.3 Å². The molecule has 0 N–H and O–H groups in total. The number of aryl methyl sites for hydroxylation is 1. The smallest absolute Gasteiger partial charge is 0.261 e. The number of rotatable bonds is 3. The van der Waals surface area contributed by atoms with Crippen molar-refractivity contribution in [2.24, 2.45) is 0 Å². The quantitative estimate of drug-likeness (QED) is 0.269. The van der Waals surface area contributed by atoms with Crippen molar-refractivity contribution in [2.75, 3.05) is 0 Å². The second-order valence-corrected chi connectivity index (χ2v) is 9.74. The lowest BCUT2D eigenvalue weighted by Gasteiger charge is -2.14. The Morgan fingerprint density at radius 3 is 2.17 bits per heavy atom. The maximum atomic E-state index is 13.6. The van der Waals surface area contributed by atoms with E-state index in [2.05, 4.69) is 71.3 Å². The minimum atomic E-state index is -0.00146. The van der Waals surface area contributed by atoms with Gasteiger partial charge >= 0.3 is 0 Å². The molecule has 0 atom stereocenters. The van der Waals surface area contributed by atoms with Crippen LogP contribution in [0.25, 0.3) is 59.2 Å². The minimum Gasteiger partial charge on any atom is -0.309 e. The summed E-state index contributed by atoms with van der Waals surface area (Å²) in [6.45, 7) is 2.61. The van der Waals surface area contributed by atoms with E-state index in [0.717, 1.165) is 42.8 Å². The molecule has 7 rings (SSSR count). The van der Waals surface area contributed by atoms with Crippen LogP contribution in [-0.2, 0) is 6.54 Å². The summed E-state index contributed by atoms with van der Waals surface area (Å²) in [5.41, 5.74) is 5.88. The molecule has 3 aromatic heterocycles. The molecule has 5 heteroatoms. The SMILES string of the molecule is CCn1c(=O)c(-c2nc3ccccc3s2)cc2ccc(-n3c4ccccc4c4ccccc43)cc21. The van der Waals surface area contributed by atoms with Gasteiger partial charge in [0, 0.05) is 23.0 Å². The van der Waals surface area contributed by atoms with E-state index >= 15 is 0 Å². The van der Waals surface area contributed by atoms with Crippen molar-refractivity contribution in [3.8, 4) is 16.3 Å². The van der Waals surface area contributed by atoms with Crippen molar-refractivity contribution >= 4 is 54.3 Å². The van der Waals surface area contributed by atoms with Gasteiger partial charge in [-0.25, -0.2) is 4.98 Å². The topological polar surface area (TPSA) is 39.8 Å². The molecular weight excluding hydrogens is 450 g/mol. The zero-order chi connectivity index (χ0) is 23.5. The number of fused-ring (bicyclic) bond motifs is 5. The van der Waals surface area contributed by atoms with Crippen LogP contribution in [0.5, 0.6) is 0 Å². The van der Waals surface area contributed by atoms with Crippen LogP contribution in [0.4, 0.5) is 0 Å². The Morgan fingerprint density at radius 1 is 0.771 bits per heavy atom. The normalized spacial score (nSPS) is 11.8. The fourth-order valence-electron chi connectivity index (χ4n) is 5.15. The number of nitrogens with zero attached hydrogens (tertiary/aromatic N) is 3. The maximum absolute atomic E-state index is 13.6. The van der Waals surface area contributed by atoms with E-state index in [9.17, 15) is 4.79 Å². The van der Waals surface area contributed by atoms with Crippen molar-refractivity contribution in [2.45, 2.75) is 13.5 Å². The van der Waals surface area contributed by atoms with E-state index in [1.54, 1.807) is 11.3 Å². The number of para-hydroxylation sites is 3. The van der Waals surface area contributed by atoms with Gasteiger partial charge in [0.2, 0.25) is 0 Å². The van der Waals surface area contributed by atoms with Crippen molar-refractivity contribution in [3.05, 3.63) is 107 Å². The Kier molecular flexibility index (Phi) is 4.41. The van der Waals surface area contributed by atoms with E-state index in [-0.39, 0.29) is 5.56 Å². The summed E-state index contributed by atoms with van der Waals surface area (Å²) in [5.74, 6) is 0. The van der Waals surface area contributed by atoms with Gasteiger partial charge in [0.15, 0.2) is 0 Å². The van der Waals surface area contributed by atoms with Gasteiger partial charge in [-0.3, -0.25) is 4.79 Å². The zero-order valence-corrected chi connectivity index (χ0v) is 19.9. The molecule has 4 aromatic carbocycles. The highest BCUT2D eigenvalue weighted by Crippen LogP contribution is 2.34. The van der Waals surface area contributed by atoms with E-state index < -0.39 is 0 Å². The summed E-state index contributed by atoms with van der Waals surface area (Å²) in [5, 5.41) is 4.25. The first-order valence-corrected chi connectivity index (χ1v) is 12.6. The summed E-state index contributed by atoms with van der Waals surface area (Å²) in [6.07, 6.45) is 0. The number of pyridine rings is 1. The number of hydrogen-bond donors (Lipinski definition) is 0. The molecule has 0 amide bonds. The highest BCUT2D eigenvalue weighted by Gasteiger charge is 2.16. The van der Waals surface area contributed by atoms with E-state index in [1.165, 1.54) is 10.8 Å². The van der Waals surface area contributed by atoms with Crippen LogP contribution in [0.2, 0.25) is 0 Å². The minimum absolute atomic E-state index is 0.00146. The molecule has 3 heterocycles. The number of thiazole rings is 1. The largest absolute Gasteiger partial charge is 0.309 e. The molecule has 0 unspecified atom stereocenters. The molecule has 0 aliphatic carbocycles. The van der Waals surface area contributed by atoms with Crippen molar-refractivity contribution in [1.82, 2.24) is 14.1 Å². The molecule has 0 saturated heterocycles. The van der Waals surface area contributed by atoms with Crippen LogP contribution >= 0.6 is 11.3 Å². The van der Waals surface area contributed by atoms with Gasteiger partial charge < -0.3 is 9.13 Å². The molecule has 0 bridgehead atoms. The van der Waals surface area contributed by atoms with Crippen molar-refractivity contribution < 1.29 is 0 Å². The van der Waals surface area contributed by atoms with E-state index in [0.29, 0.717) is 12.1 Å². The Bertz CT molecular complexity index is 1890. The zero-order valence-electron chi connectivity index (χ0n) is 19.1. The standard InChI is InChI=1S/C30H21N3OS/c1-2-32-27-18-20(33-25-12-6-3-9-21(25)22-10-4-7-13-26(22)33)16-15-19(27)17-23(30(32)34)29-31-24-11-5-8-14-28(24)35-29/h3-18H,2H2,1H3. The van der Waals surface area contributed by atoms with Crippen molar-refractivity contribution in [3.63, 3.8) is 0 Å². The Hall–Kier alpha value is -4.22. The predicted octanol–water partition coefficient (Wildman–Crippen LogP) is 7.40. The lowest BCUT2D eigenvalue weighted by atomic mass is 10.1. The molecule has 0 fully saturated rings. The van der Waals surface area contributed by atoms with Gasteiger partial charge in [-0.1, -0.05) is 54.6 Å². The second-order valence-electron chi connectivity index (χ2n) is 8.71. The monoisotopic (exact) mass is 471 g/mol. The second kappa shape index (κ2) is 7.65. The highest BCUT2D eigenvalue weighted by atomic mass is 32.1. The molecule has 0 spiro atoms. The highest BCUT2D eigenvalue weighted by molar-refractivity contribution is 7.21. The maximum Gasteiger partial charge on any atom is 0.261 e. The molecule has 7 aromatic rings. The van der Waals surface area contributed by atoms with Crippen LogP contribution < -0.4 is 5.56 Å². The Balaban J connectivity index is 1.49. The third-order valence-corrected chi connectivity index (χ3v) is 7.83. The molecule has 4 nitrogen and oxygen atoms in total. The molecule has 168 valence electrons. The average molecular weight is 472 g/mol. The molecule has 35 heavy (non-hydrogen) atoms. The first-order valence-electron chi connectivity index (χ1n) is 11.7. The molecule has 0 saturated carbocycles. The fraction of sp³-hybridized carbons (Fsp3) is 0.0667. The number of aromatic nitrogens is 3. The summed E-state index contributed by atoms with van der Waals surface area (Å²) in [7, 11) is 0. The first-order chi connectivity index (χ1) is 17.2. The number of benzene rings is 4. The number of hydrogen-bond acceptors (Lipinski definition) is 3. The summed E-state index contributed by atoms with van der Waals surface area (Å²) in [4.78, 5) is 18.4. The summed E-state index contributed by atoms with van der Waals surface area (Å²) in [6, 6.07) is 33.4. The van der Waals surface area contributed by atoms with E-state index in [4.69, 9.17) is 4.98 Å². The van der Waals surface area contributed by atoms with Crippen LogP contribution in [0.15, 0.2) is 102 Å². The van der Waals surface area contributed by atoms with Gasteiger partial charge in [-0.15, -0.1) is 11.3 Å². The Labute approximate surface area is 205 Å². The fourth-order valence-corrected chi connectivity index (χ4v) is 6.13. The van der Waals surface area contributed by atoms with Gasteiger partial charge in [0.25, 0.3) is 5.56 Å². The van der Waals surface area contributed by atoms with E-state index in [1.807, 2.05) is 41.8 Å². The predicted molar refractivity (Wildman–Crippen MR) is 147 cm³/mol. The van der Waals surface area contributed by atoms with Gasteiger partial charge in [-0.2, -0.15) is 0 Å². The third kappa shape index (κ3) is 2.98. The lowest BCUT2D eigenvalue weighted by molar-refractivity contribution is 0.761. The first kappa shape index (κ1) is 20.2. The van der Waals surface area contributed by atoms with Crippen LogP contribution in [-0.4, -0.2) is 14.1 Å². The lowest BCUT2D eigenvalue weighted by Crippen LogP contribution is -2.21. The molecule has 0 aliphatic rings. The Morgan fingerprint density at radius 2 is 1.46 bits per heavy atom. The molecular formula is C30H21N3OS. The summed E-state index contributed by atoms with van der Waals surface area (Å²) >= 11 is 1.57. The summed E-state index contributed by atoms with van der Waals surface area (Å²) < 4.78 is 5.25. The van der Waals surface area contributed by atoms with Gasteiger partial charge in [0.1, 0.15) is 5.01 Å². The third-order valence-electron chi connectivity index (χ3n) is 6.76. The van der Waals surface area contributed by atoms with Crippen molar-refractivity contribution in [1.29, 1.82) is 0 Å². The molecule has 0 aliphatic heterocycles. The van der Waals surface area contributed by atoms with Gasteiger partial charge in [-0.05, 0) is 54.8 Å². The molecule has 0 radical (unpaired) electrons. The van der Waals surface area contributed by atoms with Crippen LogP contribution in [0.3, 0.4) is 0 Å².